The molecule has 17 heavy (non-hydrogen) atoms. The van der Waals surface area contributed by atoms with Gasteiger partial charge in [-0.2, -0.15) is 0 Å². The van der Waals surface area contributed by atoms with Crippen LogP contribution in [0.1, 0.15) is 25.5 Å². The molecule has 1 aliphatic rings. The Hall–Kier alpha value is -1.69. The molecule has 3 rings (SSSR count). The highest BCUT2D eigenvalue weighted by atomic mass is 16.5. The van der Waals surface area contributed by atoms with Crippen LogP contribution in [0.3, 0.4) is 0 Å². The molecular formula is C11H15N5O. The Kier molecular flexibility index (Phi) is 2.64. The van der Waals surface area contributed by atoms with E-state index in [1.165, 1.54) is 6.42 Å². The van der Waals surface area contributed by atoms with E-state index in [-0.39, 0.29) is 6.23 Å². The zero-order valence-electron chi connectivity index (χ0n) is 9.76. The predicted molar refractivity (Wildman–Crippen MR) is 63.7 cm³/mol. The van der Waals surface area contributed by atoms with Crippen LogP contribution < -0.4 is 5.32 Å². The molecule has 3 heterocycles. The SMILES string of the molecule is CNc1ncnc2c1ncn2[C@@H]1CCCCO1. The second-order valence-electron chi connectivity index (χ2n) is 4.12. The average molecular weight is 233 g/mol. The lowest BCUT2D eigenvalue weighted by Crippen LogP contribution is -2.17. The molecule has 0 unspecified atom stereocenters. The first-order valence-electron chi connectivity index (χ1n) is 5.87. The monoisotopic (exact) mass is 233 g/mol. The van der Waals surface area contributed by atoms with E-state index < -0.39 is 0 Å². The standard InChI is InChI=1S/C11H15N5O/c1-12-10-9-11(14-6-13-10)16(7-15-9)8-4-2-3-5-17-8/h6-8H,2-5H2,1H3,(H,12,13,14)/t8-/m0/s1. The topological polar surface area (TPSA) is 64.9 Å². The van der Waals surface area contributed by atoms with Gasteiger partial charge in [0.1, 0.15) is 18.1 Å². The summed E-state index contributed by atoms with van der Waals surface area (Å²) in [5.74, 6) is 0.754. The van der Waals surface area contributed by atoms with Gasteiger partial charge in [-0.05, 0) is 19.3 Å². The maximum atomic E-state index is 5.75. The third kappa shape index (κ3) is 1.74. The van der Waals surface area contributed by atoms with E-state index in [1.807, 2.05) is 11.6 Å². The molecule has 0 aromatic carbocycles. The Labute approximate surface area is 99.0 Å². The Bertz CT molecular complexity index is 518. The quantitative estimate of drug-likeness (QED) is 0.852. The first kappa shape index (κ1) is 10.5. The number of anilines is 1. The number of nitrogens with one attached hydrogen (secondary N) is 1. The van der Waals surface area contributed by atoms with Crippen LogP contribution >= 0.6 is 0 Å². The molecule has 0 radical (unpaired) electrons. The lowest BCUT2D eigenvalue weighted by Gasteiger charge is -2.23. The normalized spacial score (nSPS) is 20.6. The molecule has 1 fully saturated rings. The molecule has 0 aliphatic carbocycles. The van der Waals surface area contributed by atoms with Gasteiger partial charge in [0, 0.05) is 13.7 Å². The number of imidazole rings is 1. The van der Waals surface area contributed by atoms with Crippen molar-refractivity contribution in [1.29, 1.82) is 0 Å². The highest BCUT2D eigenvalue weighted by Gasteiger charge is 2.19. The van der Waals surface area contributed by atoms with Crippen molar-refractivity contribution in [2.24, 2.45) is 0 Å². The van der Waals surface area contributed by atoms with Crippen LogP contribution in [0.25, 0.3) is 11.2 Å². The van der Waals surface area contributed by atoms with Crippen LogP contribution in [0, 0.1) is 0 Å². The van der Waals surface area contributed by atoms with E-state index in [1.54, 1.807) is 12.7 Å². The summed E-state index contributed by atoms with van der Waals surface area (Å²) in [6.45, 7) is 0.814. The van der Waals surface area contributed by atoms with Gasteiger partial charge in [0.2, 0.25) is 0 Å². The van der Waals surface area contributed by atoms with Gasteiger partial charge in [0.05, 0.1) is 6.33 Å². The van der Waals surface area contributed by atoms with Gasteiger partial charge in [-0.3, -0.25) is 4.57 Å². The minimum Gasteiger partial charge on any atom is -0.371 e. The largest absolute Gasteiger partial charge is 0.371 e. The van der Waals surface area contributed by atoms with Gasteiger partial charge in [0.25, 0.3) is 0 Å². The summed E-state index contributed by atoms with van der Waals surface area (Å²) in [4.78, 5) is 12.8. The van der Waals surface area contributed by atoms with Crippen molar-refractivity contribution >= 4 is 17.0 Å². The van der Waals surface area contributed by atoms with Gasteiger partial charge in [0.15, 0.2) is 11.5 Å². The van der Waals surface area contributed by atoms with Crippen LogP contribution in [-0.2, 0) is 4.74 Å². The predicted octanol–water partition coefficient (Wildman–Crippen LogP) is 1.57. The molecule has 0 spiro atoms. The summed E-state index contributed by atoms with van der Waals surface area (Å²) in [7, 11) is 1.83. The van der Waals surface area contributed by atoms with Crippen LogP contribution in [0.5, 0.6) is 0 Å². The summed E-state index contributed by atoms with van der Waals surface area (Å²) in [5, 5.41) is 3.02. The summed E-state index contributed by atoms with van der Waals surface area (Å²) in [5.41, 5.74) is 1.63. The lowest BCUT2D eigenvalue weighted by atomic mass is 10.2. The van der Waals surface area contributed by atoms with Crippen molar-refractivity contribution < 1.29 is 4.74 Å². The number of hydrogen-bond donors (Lipinski definition) is 1. The number of ether oxygens (including phenoxy) is 1. The highest BCUT2D eigenvalue weighted by molar-refractivity contribution is 5.82. The summed E-state index contributed by atoms with van der Waals surface area (Å²) >= 11 is 0. The van der Waals surface area contributed by atoms with E-state index in [0.717, 1.165) is 36.4 Å². The molecule has 1 aliphatic heterocycles. The minimum atomic E-state index is 0.0633. The Morgan fingerprint density at radius 1 is 1.35 bits per heavy atom. The van der Waals surface area contributed by atoms with E-state index in [4.69, 9.17) is 4.74 Å². The molecule has 6 heteroatoms. The molecule has 0 amide bonds. The third-order valence-electron chi connectivity index (χ3n) is 3.06. The zero-order valence-corrected chi connectivity index (χ0v) is 9.76. The Balaban J connectivity index is 2.05. The molecular weight excluding hydrogens is 218 g/mol. The summed E-state index contributed by atoms with van der Waals surface area (Å²) in [6, 6.07) is 0. The molecule has 0 bridgehead atoms. The van der Waals surface area contributed by atoms with Crippen molar-refractivity contribution in [1.82, 2.24) is 19.5 Å². The van der Waals surface area contributed by atoms with Crippen molar-refractivity contribution in [3.05, 3.63) is 12.7 Å². The van der Waals surface area contributed by atoms with Gasteiger partial charge in [-0.25, -0.2) is 15.0 Å². The third-order valence-corrected chi connectivity index (χ3v) is 3.06. The minimum absolute atomic E-state index is 0.0633. The number of fused-ring (bicyclic) bond motifs is 1. The fourth-order valence-electron chi connectivity index (χ4n) is 2.19. The van der Waals surface area contributed by atoms with E-state index >= 15 is 0 Å². The number of hydrogen-bond acceptors (Lipinski definition) is 5. The van der Waals surface area contributed by atoms with Crippen LogP contribution in [-0.4, -0.2) is 33.2 Å². The maximum absolute atomic E-state index is 5.75. The van der Waals surface area contributed by atoms with Crippen LogP contribution in [0.2, 0.25) is 0 Å². The smallest absolute Gasteiger partial charge is 0.167 e. The van der Waals surface area contributed by atoms with Crippen molar-refractivity contribution in [3.63, 3.8) is 0 Å². The van der Waals surface area contributed by atoms with Crippen molar-refractivity contribution in [2.75, 3.05) is 19.0 Å². The van der Waals surface area contributed by atoms with Gasteiger partial charge in [-0.1, -0.05) is 0 Å². The fourth-order valence-corrected chi connectivity index (χ4v) is 2.19. The van der Waals surface area contributed by atoms with E-state index in [9.17, 15) is 0 Å². The number of nitrogens with zero attached hydrogens (tertiary/aromatic N) is 4. The fraction of sp³-hybridized carbons (Fsp3) is 0.545. The molecule has 2 aromatic heterocycles. The average Bonchev–Trinajstić information content (AvgIpc) is 2.83. The van der Waals surface area contributed by atoms with Gasteiger partial charge >= 0.3 is 0 Å². The molecule has 1 atom stereocenters. The Morgan fingerprint density at radius 3 is 3.06 bits per heavy atom. The van der Waals surface area contributed by atoms with Crippen molar-refractivity contribution in [2.45, 2.75) is 25.5 Å². The number of rotatable bonds is 2. The molecule has 0 saturated carbocycles. The van der Waals surface area contributed by atoms with Crippen LogP contribution in [0.15, 0.2) is 12.7 Å². The first-order chi connectivity index (χ1) is 8.40. The van der Waals surface area contributed by atoms with Crippen LogP contribution in [0.4, 0.5) is 5.82 Å². The van der Waals surface area contributed by atoms with Gasteiger partial charge < -0.3 is 10.1 Å². The number of aromatic nitrogens is 4. The highest BCUT2D eigenvalue weighted by Crippen LogP contribution is 2.26. The second-order valence-corrected chi connectivity index (χ2v) is 4.12. The molecule has 2 aromatic rings. The summed E-state index contributed by atoms with van der Waals surface area (Å²) in [6.07, 6.45) is 6.75. The summed E-state index contributed by atoms with van der Waals surface area (Å²) < 4.78 is 7.74. The van der Waals surface area contributed by atoms with E-state index in [0.29, 0.717) is 0 Å². The first-order valence-corrected chi connectivity index (χ1v) is 5.87. The molecule has 6 nitrogen and oxygen atoms in total. The zero-order chi connectivity index (χ0) is 11.7. The van der Waals surface area contributed by atoms with Gasteiger partial charge in [-0.15, -0.1) is 0 Å². The van der Waals surface area contributed by atoms with Crippen molar-refractivity contribution in [3.8, 4) is 0 Å². The maximum Gasteiger partial charge on any atom is 0.167 e. The molecule has 90 valence electrons. The Morgan fingerprint density at radius 2 is 2.29 bits per heavy atom. The molecule has 1 N–H and O–H groups in total. The lowest BCUT2D eigenvalue weighted by molar-refractivity contribution is -0.0298. The molecule has 1 saturated heterocycles. The second kappa shape index (κ2) is 4.29. The van der Waals surface area contributed by atoms with E-state index in [2.05, 4.69) is 20.3 Å².